The molecule has 0 bridgehead atoms. The quantitative estimate of drug-likeness (QED) is 0.794. The molecular formula is C17H21N3O2. The van der Waals surface area contributed by atoms with Gasteiger partial charge in [-0.3, -0.25) is 0 Å². The van der Waals surface area contributed by atoms with Crippen LogP contribution in [0.4, 0.5) is 5.82 Å². The highest BCUT2D eigenvalue weighted by atomic mass is 16.5. The molecule has 0 radical (unpaired) electrons. The predicted octanol–water partition coefficient (Wildman–Crippen LogP) is 3.16. The summed E-state index contributed by atoms with van der Waals surface area (Å²) in [6, 6.07) is 9.90. The molecule has 1 heterocycles. The second kappa shape index (κ2) is 7.02. The van der Waals surface area contributed by atoms with Crippen LogP contribution in [0.2, 0.25) is 0 Å². The van der Waals surface area contributed by atoms with Crippen molar-refractivity contribution in [2.75, 3.05) is 18.6 Å². The molecule has 5 heteroatoms. The van der Waals surface area contributed by atoms with Gasteiger partial charge in [-0.15, -0.1) is 0 Å². The van der Waals surface area contributed by atoms with Crippen molar-refractivity contribution in [3.8, 4) is 11.4 Å². The highest BCUT2D eigenvalue weighted by molar-refractivity contribution is 5.94. The maximum atomic E-state index is 12.1. The minimum absolute atomic E-state index is 0.201. The van der Waals surface area contributed by atoms with Gasteiger partial charge in [0.1, 0.15) is 11.4 Å². The average molecular weight is 299 g/mol. The molecule has 0 spiro atoms. The molecule has 2 rings (SSSR count). The van der Waals surface area contributed by atoms with Crippen molar-refractivity contribution >= 4 is 11.8 Å². The van der Waals surface area contributed by atoms with E-state index in [2.05, 4.69) is 9.97 Å². The Bertz CT molecular complexity index is 642. The Hall–Kier alpha value is -2.43. The van der Waals surface area contributed by atoms with Gasteiger partial charge in [-0.05, 0) is 20.8 Å². The highest BCUT2D eigenvalue weighted by Crippen LogP contribution is 2.23. The van der Waals surface area contributed by atoms with Crippen LogP contribution in [0, 0.1) is 0 Å². The second-order valence-electron chi connectivity index (χ2n) is 5.22. The maximum Gasteiger partial charge on any atom is 0.343 e. The zero-order valence-electron chi connectivity index (χ0n) is 13.4. The molecule has 0 aliphatic heterocycles. The molecule has 22 heavy (non-hydrogen) atoms. The van der Waals surface area contributed by atoms with Crippen LogP contribution in [-0.4, -0.2) is 35.6 Å². The number of ether oxygens (including phenoxy) is 1. The van der Waals surface area contributed by atoms with Gasteiger partial charge in [0.05, 0.1) is 6.61 Å². The molecule has 116 valence electrons. The average Bonchev–Trinajstić information content (AvgIpc) is 2.54. The summed E-state index contributed by atoms with van der Waals surface area (Å²) < 4.78 is 5.10. The summed E-state index contributed by atoms with van der Waals surface area (Å²) >= 11 is 0. The van der Waals surface area contributed by atoms with Crippen molar-refractivity contribution in [2.45, 2.75) is 26.8 Å². The molecule has 0 aliphatic carbocycles. The molecule has 1 aromatic heterocycles. The third-order valence-corrected chi connectivity index (χ3v) is 3.40. The van der Waals surface area contributed by atoms with E-state index in [4.69, 9.17) is 4.74 Å². The van der Waals surface area contributed by atoms with Crippen LogP contribution in [0.25, 0.3) is 11.4 Å². The Morgan fingerprint density at radius 2 is 1.95 bits per heavy atom. The zero-order chi connectivity index (χ0) is 16.1. The first-order chi connectivity index (χ1) is 10.5. The van der Waals surface area contributed by atoms with Crippen LogP contribution in [0.3, 0.4) is 0 Å². The van der Waals surface area contributed by atoms with E-state index < -0.39 is 5.97 Å². The third-order valence-electron chi connectivity index (χ3n) is 3.40. The highest BCUT2D eigenvalue weighted by Gasteiger charge is 2.20. The van der Waals surface area contributed by atoms with Crippen molar-refractivity contribution in [3.05, 3.63) is 42.1 Å². The third kappa shape index (κ3) is 3.42. The lowest BCUT2D eigenvalue weighted by Crippen LogP contribution is -2.29. The van der Waals surface area contributed by atoms with Gasteiger partial charge < -0.3 is 9.64 Å². The van der Waals surface area contributed by atoms with Gasteiger partial charge in [-0.2, -0.15) is 0 Å². The Balaban J connectivity index is 2.50. The number of hydrogen-bond donors (Lipinski definition) is 0. The number of esters is 1. The Morgan fingerprint density at radius 1 is 1.27 bits per heavy atom. The molecule has 0 amide bonds. The van der Waals surface area contributed by atoms with Gasteiger partial charge in [0.15, 0.2) is 5.82 Å². The van der Waals surface area contributed by atoms with E-state index in [1.165, 1.54) is 0 Å². The minimum Gasteiger partial charge on any atom is -0.462 e. The van der Waals surface area contributed by atoms with E-state index in [-0.39, 0.29) is 6.04 Å². The first kappa shape index (κ1) is 15.9. The number of carbonyl (C=O) groups excluding carboxylic acids is 1. The van der Waals surface area contributed by atoms with Gasteiger partial charge in [-0.1, -0.05) is 30.3 Å². The Morgan fingerprint density at radius 3 is 2.55 bits per heavy atom. The topological polar surface area (TPSA) is 55.3 Å². The van der Waals surface area contributed by atoms with Crippen molar-refractivity contribution in [3.63, 3.8) is 0 Å². The summed E-state index contributed by atoms with van der Waals surface area (Å²) in [6.45, 7) is 6.19. The molecule has 0 unspecified atom stereocenters. The van der Waals surface area contributed by atoms with Crippen molar-refractivity contribution in [1.82, 2.24) is 9.97 Å². The monoisotopic (exact) mass is 299 g/mol. The van der Waals surface area contributed by atoms with Crippen LogP contribution in [0.5, 0.6) is 0 Å². The summed E-state index contributed by atoms with van der Waals surface area (Å²) in [6.07, 6.45) is 1.54. The van der Waals surface area contributed by atoms with Crippen LogP contribution in [-0.2, 0) is 4.74 Å². The summed E-state index contributed by atoms with van der Waals surface area (Å²) in [4.78, 5) is 23.0. The molecule has 5 nitrogen and oxygen atoms in total. The van der Waals surface area contributed by atoms with Gasteiger partial charge in [0, 0.05) is 24.8 Å². The van der Waals surface area contributed by atoms with Gasteiger partial charge in [-0.25, -0.2) is 14.8 Å². The van der Waals surface area contributed by atoms with Gasteiger partial charge in [0.2, 0.25) is 0 Å². The summed E-state index contributed by atoms with van der Waals surface area (Å²) in [7, 11) is 1.91. The maximum absolute atomic E-state index is 12.1. The standard InChI is InChI=1S/C17H21N3O2/c1-5-22-17(21)14-11-18-15(13-9-7-6-8-10-13)19-16(14)20(4)12(2)3/h6-12H,5H2,1-4H3. The lowest BCUT2D eigenvalue weighted by atomic mass is 10.2. The molecule has 0 N–H and O–H groups in total. The lowest BCUT2D eigenvalue weighted by Gasteiger charge is -2.24. The van der Waals surface area contributed by atoms with E-state index in [0.29, 0.717) is 23.8 Å². The molecular weight excluding hydrogens is 278 g/mol. The molecule has 1 aromatic carbocycles. The number of anilines is 1. The predicted molar refractivity (Wildman–Crippen MR) is 87.0 cm³/mol. The number of hydrogen-bond acceptors (Lipinski definition) is 5. The SMILES string of the molecule is CCOC(=O)c1cnc(-c2ccccc2)nc1N(C)C(C)C. The minimum atomic E-state index is -0.399. The summed E-state index contributed by atoms with van der Waals surface area (Å²) in [5.74, 6) is 0.781. The van der Waals surface area contributed by atoms with Gasteiger partial charge in [0.25, 0.3) is 0 Å². The smallest absolute Gasteiger partial charge is 0.343 e. The van der Waals surface area contributed by atoms with Crippen LogP contribution in [0.15, 0.2) is 36.5 Å². The lowest BCUT2D eigenvalue weighted by molar-refractivity contribution is 0.0526. The van der Waals surface area contributed by atoms with Crippen LogP contribution >= 0.6 is 0 Å². The van der Waals surface area contributed by atoms with E-state index in [9.17, 15) is 4.79 Å². The van der Waals surface area contributed by atoms with Crippen molar-refractivity contribution in [1.29, 1.82) is 0 Å². The van der Waals surface area contributed by atoms with Crippen LogP contribution in [0.1, 0.15) is 31.1 Å². The Kier molecular flexibility index (Phi) is 5.09. The number of benzene rings is 1. The molecule has 0 saturated carbocycles. The first-order valence-electron chi connectivity index (χ1n) is 7.37. The van der Waals surface area contributed by atoms with Gasteiger partial charge >= 0.3 is 5.97 Å². The number of nitrogens with zero attached hydrogens (tertiary/aromatic N) is 3. The van der Waals surface area contributed by atoms with Crippen molar-refractivity contribution < 1.29 is 9.53 Å². The molecule has 0 aliphatic rings. The number of carbonyl (C=O) groups is 1. The fourth-order valence-corrected chi connectivity index (χ4v) is 1.97. The normalized spacial score (nSPS) is 10.6. The molecule has 2 aromatic rings. The summed E-state index contributed by atoms with van der Waals surface area (Å²) in [5, 5.41) is 0. The fourth-order valence-electron chi connectivity index (χ4n) is 1.97. The Labute approximate surface area is 131 Å². The van der Waals surface area contributed by atoms with E-state index >= 15 is 0 Å². The second-order valence-corrected chi connectivity index (χ2v) is 5.22. The zero-order valence-corrected chi connectivity index (χ0v) is 13.4. The fraction of sp³-hybridized carbons (Fsp3) is 0.353. The molecule has 0 saturated heterocycles. The largest absolute Gasteiger partial charge is 0.462 e. The number of aromatic nitrogens is 2. The van der Waals surface area contributed by atoms with E-state index in [1.807, 2.05) is 56.1 Å². The van der Waals surface area contributed by atoms with Crippen LogP contribution < -0.4 is 4.90 Å². The molecule has 0 atom stereocenters. The molecule has 0 fully saturated rings. The van der Waals surface area contributed by atoms with Crippen molar-refractivity contribution in [2.24, 2.45) is 0 Å². The number of rotatable bonds is 5. The first-order valence-corrected chi connectivity index (χ1v) is 7.37. The van der Waals surface area contributed by atoms with E-state index in [1.54, 1.807) is 13.1 Å². The summed E-state index contributed by atoms with van der Waals surface area (Å²) in [5.41, 5.74) is 1.30. The van der Waals surface area contributed by atoms with E-state index in [0.717, 1.165) is 5.56 Å².